The van der Waals surface area contributed by atoms with Crippen molar-refractivity contribution >= 4 is 28.2 Å². The van der Waals surface area contributed by atoms with Crippen LogP contribution in [0.4, 0.5) is 10.9 Å². The van der Waals surface area contributed by atoms with Crippen LogP contribution in [-0.4, -0.2) is 49.9 Å². The second kappa shape index (κ2) is 6.38. The Bertz CT molecular complexity index is 471. The number of hydrogen-bond acceptors (Lipinski definition) is 7. The van der Waals surface area contributed by atoms with Gasteiger partial charge < -0.3 is 25.8 Å². The number of nitrogens with one attached hydrogen (secondary N) is 2. The van der Waals surface area contributed by atoms with E-state index in [2.05, 4.69) is 15.6 Å². The van der Waals surface area contributed by atoms with Crippen LogP contribution in [0.25, 0.3) is 0 Å². The van der Waals surface area contributed by atoms with Gasteiger partial charge in [-0.15, -0.1) is 0 Å². The smallest absolute Gasteiger partial charge is 0.265 e. The van der Waals surface area contributed by atoms with E-state index in [1.165, 1.54) is 11.3 Å². The molecule has 1 atom stereocenters. The number of nitrogens with zero attached hydrogens (tertiary/aromatic N) is 1. The number of thiazole rings is 1. The molecule has 1 aliphatic rings. The molecule has 20 heavy (non-hydrogen) atoms. The maximum absolute atomic E-state index is 12.2. The lowest BCUT2D eigenvalue weighted by Crippen LogP contribution is -2.44. The zero-order valence-corrected chi connectivity index (χ0v) is 12.5. The molecule has 0 bridgehead atoms. The Labute approximate surface area is 121 Å². The van der Waals surface area contributed by atoms with Crippen molar-refractivity contribution in [2.24, 2.45) is 0 Å². The van der Waals surface area contributed by atoms with Gasteiger partial charge in [0.2, 0.25) is 0 Å². The first-order chi connectivity index (χ1) is 9.60. The van der Waals surface area contributed by atoms with E-state index in [1.54, 1.807) is 7.11 Å². The van der Waals surface area contributed by atoms with Crippen molar-refractivity contribution in [1.82, 2.24) is 10.3 Å². The molecule has 1 fully saturated rings. The third kappa shape index (κ3) is 3.20. The highest BCUT2D eigenvalue weighted by molar-refractivity contribution is 7.18. The third-order valence-corrected chi connectivity index (χ3v) is 4.29. The second-order valence-corrected chi connectivity index (χ2v) is 5.64. The highest BCUT2D eigenvalue weighted by Gasteiger charge is 2.35. The lowest BCUT2D eigenvalue weighted by Gasteiger charge is -2.25. The average molecular weight is 300 g/mol. The van der Waals surface area contributed by atoms with Crippen LogP contribution in [0.5, 0.6) is 0 Å². The molecule has 1 unspecified atom stereocenters. The fourth-order valence-electron chi connectivity index (χ4n) is 2.00. The van der Waals surface area contributed by atoms with E-state index < -0.39 is 5.60 Å². The molecule has 1 amide bonds. The summed E-state index contributed by atoms with van der Waals surface area (Å²) >= 11 is 1.25. The van der Waals surface area contributed by atoms with Crippen molar-refractivity contribution in [2.75, 3.05) is 44.5 Å². The van der Waals surface area contributed by atoms with Crippen LogP contribution in [0.3, 0.4) is 0 Å². The second-order valence-electron chi connectivity index (χ2n) is 4.64. The summed E-state index contributed by atoms with van der Waals surface area (Å²) < 4.78 is 10.8. The van der Waals surface area contributed by atoms with E-state index in [0.29, 0.717) is 29.8 Å². The maximum atomic E-state index is 12.2. The largest absolute Gasteiger partial charge is 0.382 e. The summed E-state index contributed by atoms with van der Waals surface area (Å²) in [5.74, 6) is 0.0186. The Kier molecular flexibility index (Phi) is 4.79. The third-order valence-electron chi connectivity index (χ3n) is 3.26. The van der Waals surface area contributed by atoms with Gasteiger partial charge in [0, 0.05) is 33.2 Å². The van der Waals surface area contributed by atoms with Crippen LogP contribution in [-0.2, 0) is 9.47 Å². The quantitative estimate of drug-likeness (QED) is 0.715. The zero-order valence-electron chi connectivity index (χ0n) is 11.7. The van der Waals surface area contributed by atoms with Crippen LogP contribution < -0.4 is 16.4 Å². The zero-order chi connectivity index (χ0) is 14.6. The topological polar surface area (TPSA) is 98.5 Å². The Balaban J connectivity index is 1.97. The number of amides is 1. The molecule has 0 saturated carbocycles. The van der Waals surface area contributed by atoms with Crippen molar-refractivity contribution < 1.29 is 14.3 Å². The lowest BCUT2D eigenvalue weighted by molar-refractivity contribution is -0.0148. The van der Waals surface area contributed by atoms with Crippen LogP contribution in [0, 0.1) is 0 Å². The highest BCUT2D eigenvalue weighted by atomic mass is 32.1. The van der Waals surface area contributed by atoms with Gasteiger partial charge >= 0.3 is 0 Å². The molecule has 2 rings (SSSR count). The van der Waals surface area contributed by atoms with Gasteiger partial charge in [0.05, 0.1) is 6.61 Å². The van der Waals surface area contributed by atoms with Crippen molar-refractivity contribution in [3.63, 3.8) is 0 Å². The van der Waals surface area contributed by atoms with Crippen molar-refractivity contribution in [2.45, 2.75) is 18.9 Å². The fraction of sp³-hybridized carbons (Fsp3) is 0.667. The van der Waals surface area contributed by atoms with Crippen LogP contribution in [0.2, 0.25) is 0 Å². The van der Waals surface area contributed by atoms with Crippen LogP contribution in [0.15, 0.2) is 0 Å². The van der Waals surface area contributed by atoms with E-state index in [4.69, 9.17) is 15.2 Å². The Morgan fingerprint density at radius 1 is 1.65 bits per heavy atom. The first-order valence-corrected chi connectivity index (χ1v) is 7.33. The van der Waals surface area contributed by atoms with E-state index in [-0.39, 0.29) is 11.7 Å². The molecule has 2 heterocycles. The van der Waals surface area contributed by atoms with E-state index in [9.17, 15) is 4.79 Å². The van der Waals surface area contributed by atoms with Crippen LogP contribution in [0.1, 0.15) is 23.0 Å². The highest BCUT2D eigenvalue weighted by Crippen LogP contribution is 2.25. The molecule has 1 aliphatic heterocycles. The minimum Gasteiger partial charge on any atom is -0.382 e. The fourth-order valence-corrected chi connectivity index (χ4v) is 2.87. The molecule has 1 aromatic rings. The molecule has 112 valence electrons. The number of aromatic nitrogens is 1. The molecule has 0 aliphatic carbocycles. The molecular formula is C12H20N4O3S. The predicted molar refractivity (Wildman–Crippen MR) is 78.2 cm³/mol. The van der Waals surface area contributed by atoms with Gasteiger partial charge in [0.1, 0.15) is 16.3 Å². The first-order valence-electron chi connectivity index (χ1n) is 6.51. The molecule has 0 aromatic carbocycles. The van der Waals surface area contributed by atoms with Crippen molar-refractivity contribution in [1.29, 1.82) is 0 Å². The summed E-state index contributed by atoms with van der Waals surface area (Å²) in [5.41, 5.74) is 5.33. The van der Waals surface area contributed by atoms with Gasteiger partial charge in [-0.05, 0) is 6.92 Å². The summed E-state index contributed by atoms with van der Waals surface area (Å²) in [6.45, 7) is 4.23. The molecule has 4 N–H and O–H groups in total. The van der Waals surface area contributed by atoms with Crippen molar-refractivity contribution in [3.05, 3.63) is 4.88 Å². The number of hydrogen-bond donors (Lipinski definition) is 3. The Morgan fingerprint density at radius 3 is 3.05 bits per heavy atom. The molecule has 8 heteroatoms. The van der Waals surface area contributed by atoms with Crippen molar-refractivity contribution in [3.8, 4) is 0 Å². The summed E-state index contributed by atoms with van der Waals surface area (Å²) in [6.07, 6.45) is 0.768. The van der Waals surface area contributed by atoms with E-state index >= 15 is 0 Å². The molecule has 0 radical (unpaired) electrons. The number of nitrogen functional groups attached to an aromatic ring is 1. The molecule has 1 aromatic heterocycles. The van der Waals surface area contributed by atoms with E-state index in [0.717, 1.165) is 13.0 Å². The first kappa shape index (κ1) is 15.0. The lowest BCUT2D eigenvalue weighted by atomic mass is 10.0. The van der Waals surface area contributed by atoms with Gasteiger partial charge in [-0.1, -0.05) is 11.3 Å². The number of methoxy groups -OCH3 is 1. The molecule has 7 nitrogen and oxygen atoms in total. The number of rotatable bonds is 6. The molecule has 0 spiro atoms. The SMILES string of the molecule is CCNc1nc(N)c(C(=O)NCC2(OC)CCOC2)s1. The van der Waals surface area contributed by atoms with Gasteiger partial charge in [0.25, 0.3) is 5.91 Å². The minimum absolute atomic E-state index is 0.229. The summed E-state index contributed by atoms with van der Waals surface area (Å²) in [6, 6.07) is 0. The van der Waals surface area contributed by atoms with Crippen LogP contribution >= 0.6 is 11.3 Å². The van der Waals surface area contributed by atoms with Gasteiger partial charge in [-0.25, -0.2) is 4.98 Å². The maximum Gasteiger partial charge on any atom is 0.265 e. The standard InChI is InChI=1S/C12H20N4O3S/c1-3-14-11-16-9(13)8(20-11)10(17)15-6-12(18-2)4-5-19-7-12/h3-7,13H2,1-2H3,(H,14,16)(H,15,17). The number of carbonyl (C=O) groups excluding carboxylic acids is 1. The number of anilines is 2. The summed E-state index contributed by atoms with van der Waals surface area (Å²) in [7, 11) is 1.63. The normalized spacial score (nSPS) is 21.9. The number of carbonyl (C=O) groups is 1. The Morgan fingerprint density at radius 2 is 2.45 bits per heavy atom. The molecular weight excluding hydrogens is 280 g/mol. The monoisotopic (exact) mass is 300 g/mol. The van der Waals surface area contributed by atoms with Gasteiger partial charge in [-0.2, -0.15) is 0 Å². The Hall–Kier alpha value is -1.38. The predicted octanol–water partition coefficient (Wildman–Crippen LogP) is 0.692. The number of nitrogens with two attached hydrogens (primary N) is 1. The molecule has 1 saturated heterocycles. The summed E-state index contributed by atoms with van der Waals surface area (Å²) in [5, 5.41) is 6.54. The minimum atomic E-state index is -0.431. The average Bonchev–Trinajstić information content (AvgIpc) is 3.04. The van der Waals surface area contributed by atoms with Gasteiger partial charge in [-0.3, -0.25) is 4.79 Å². The van der Waals surface area contributed by atoms with Gasteiger partial charge in [0.15, 0.2) is 5.13 Å². The van der Waals surface area contributed by atoms with E-state index in [1.807, 2.05) is 6.92 Å². The number of ether oxygens (including phenoxy) is 2. The summed E-state index contributed by atoms with van der Waals surface area (Å²) in [4.78, 5) is 16.7.